The minimum absolute atomic E-state index is 0.0243. The van der Waals surface area contributed by atoms with Crippen LogP contribution in [0.5, 0.6) is 0 Å². The maximum Gasteiger partial charge on any atom is 0.291 e. The monoisotopic (exact) mass is 314 g/mol. The topological polar surface area (TPSA) is 69.0 Å². The van der Waals surface area contributed by atoms with Gasteiger partial charge in [0.05, 0.1) is 17.3 Å². The Morgan fingerprint density at radius 3 is 2.74 bits per heavy atom. The quantitative estimate of drug-likeness (QED) is 0.938. The van der Waals surface area contributed by atoms with Crippen molar-refractivity contribution in [3.63, 3.8) is 0 Å². The van der Waals surface area contributed by atoms with Gasteiger partial charge in [-0.15, -0.1) is 5.10 Å². The molecule has 1 saturated heterocycles. The molecule has 1 N–H and O–H groups in total. The van der Waals surface area contributed by atoms with Crippen molar-refractivity contribution in [1.82, 2.24) is 20.1 Å². The number of ether oxygens (including phenoxy) is 1. The number of nitrogens with zero attached hydrogens (tertiary/aromatic N) is 3. The summed E-state index contributed by atoms with van der Waals surface area (Å²) in [6.07, 6.45) is 1.51. The van der Waals surface area contributed by atoms with Crippen LogP contribution < -0.4 is 5.32 Å². The predicted molar refractivity (Wildman–Crippen MR) is 86.6 cm³/mol. The molecule has 1 amide bonds. The van der Waals surface area contributed by atoms with Crippen LogP contribution in [-0.2, 0) is 11.2 Å². The molecule has 0 radical (unpaired) electrons. The van der Waals surface area contributed by atoms with Gasteiger partial charge >= 0.3 is 0 Å². The highest BCUT2D eigenvalue weighted by Gasteiger charge is 2.37. The van der Waals surface area contributed by atoms with E-state index in [2.05, 4.69) is 15.4 Å². The molecule has 0 bridgehead atoms. The average Bonchev–Trinajstić information content (AvgIpc) is 3.12. The van der Waals surface area contributed by atoms with Crippen molar-refractivity contribution >= 4 is 5.91 Å². The Morgan fingerprint density at radius 2 is 2.13 bits per heavy atom. The molecule has 6 heteroatoms. The lowest BCUT2D eigenvalue weighted by molar-refractivity contribution is 0.0211. The summed E-state index contributed by atoms with van der Waals surface area (Å²) in [5.41, 5.74) is 0.547. The predicted octanol–water partition coefficient (Wildman–Crippen LogP) is 2.13. The number of hydrogen-bond acceptors (Lipinski definition) is 4. The van der Waals surface area contributed by atoms with Gasteiger partial charge in [-0.2, -0.15) is 0 Å². The van der Waals surface area contributed by atoms with Crippen LogP contribution in [0.25, 0.3) is 5.69 Å². The van der Waals surface area contributed by atoms with Crippen molar-refractivity contribution in [1.29, 1.82) is 0 Å². The lowest BCUT2D eigenvalue weighted by atomic mass is 9.99. The first-order valence-corrected chi connectivity index (χ1v) is 7.97. The van der Waals surface area contributed by atoms with E-state index in [1.807, 2.05) is 51.1 Å². The maximum absolute atomic E-state index is 12.5. The van der Waals surface area contributed by atoms with E-state index >= 15 is 0 Å². The molecule has 1 fully saturated rings. The Morgan fingerprint density at radius 1 is 1.39 bits per heavy atom. The number of carbonyl (C=O) groups is 1. The summed E-state index contributed by atoms with van der Waals surface area (Å²) in [6.45, 7) is 6.62. The fraction of sp³-hybridized carbons (Fsp3) is 0.471. The van der Waals surface area contributed by atoms with E-state index in [-0.39, 0.29) is 23.4 Å². The van der Waals surface area contributed by atoms with Crippen LogP contribution in [-0.4, -0.2) is 38.9 Å². The fourth-order valence-electron chi connectivity index (χ4n) is 2.80. The van der Waals surface area contributed by atoms with E-state index in [9.17, 15) is 4.79 Å². The van der Waals surface area contributed by atoms with Crippen LogP contribution in [0.3, 0.4) is 0 Å². The van der Waals surface area contributed by atoms with E-state index in [0.717, 1.165) is 17.9 Å². The summed E-state index contributed by atoms with van der Waals surface area (Å²) in [4.78, 5) is 16.9. The van der Waals surface area contributed by atoms with Gasteiger partial charge in [-0.1, -0.05) is 25.1 Å². The summed E-state index contributed by atoms with van der Waals surface area (Å²) in [6, 6.07) is 9.70. The van der Waals surface area contributed by atoms with Crippen molar-refractivity contribution in [2.45, 2.75) is 45.3 Å². The first-order valence-electron chi connectivity index (χ1n) is 7.97. The molecule has 0 saturated carbocycles. The minimum Gasteiger partial charge on any atom is -0.373 e. The molecule has 0 unspecified atom stereocenters. The number of aryl methyl sites for hydroxylation is 1. The molecular formula is C17H22N4O2. The summed E-state index contributed by atoms with van der Waals surface area (Å²) in [5.74, 6) is 0.717. The minimum atomic E-state index is -0.356. The van der Waals surface area contributed by atoms with E-state index in [4.69, 9.17) is 4.74 Å². The van der Waals surface area contributed by atoms with Crippen molar-refractivity contribution in [3.8, 4) is 5.69 Å². The Balaban J connectivity index is 1.83. The van der Waals surface area contributed by atoms with Crippen LogP contribution in [0.15, 0.2) is 30.3 Å². The maximum atomic E-state index is 12.5. The molecule has 23 heavy (non-hydrogen) atoms. The van der Waals surface area contributed by atoms with Crippen molar-refractivity contribution < 1.29 is 9.53 Å². The second-order valence-electron chi connectivity index (χ2n) is 6.22. The lowest BCUT2D eigenvalue weighted by Gasteiger charge is -2.25. The van der Waals surface area contributed by atoms with Crippen LogP contribution in [0.2, 0.25) is 0 Å². The molecular weight excluding hydrogens is 292 g/mol. The third-order valence-corrected chi connectivity index (χ3v) is 4.22. The number of aromatic nitrogens is 3. The van der Waals surface area contributed by atoms with E-state index in [0.29, 0.717) is 13.0 Å². The van der Waals surface area contributed by atoms with Crippen molar-refractivity contribution in [2.75, 3.05) is 6.61 Å². The summed E-state index contributed by atoms with van der Waals surface area (Å²) >= 11 is 0. The van der Waals surface area contributed by atoms with Crippen LogP contribution >= 0.6 is 0 Å². The number of amides is 1. The first-order chi connectivity index (χ1) is 11.0. The summed E-state index contributed by atoms with van der Waals surface area (Å²) in [7, 11) is 0. The number of benzene rings is 1. The Bertz CT molecular complexity index is 694. The largest absolute Gasteiger partial charge is 0.373 e. The molecule has 6 nitrogen and oxygen atoms in total. The third kappa shape index (κ3) is 3.12. The molecule has 3 rings (SSSR count). The van der Waals surface area contributed by atoms with Crippen LogP contribution in [0.1, 0.15) is 43.6 Å². The zero-order valence-electron chi connectivity index (χ0n) is 13.7. The molecule has 1 aromatic carbocycles. The van der Waals surface area contributed by atoms with Gasteiger partial charge in [-0.05, 0) is 32.4 Å². The number of nitrogens with one attached hydrogen (secondary N) is 1. The van der Waals surface area contributed by atoms with Crippen molar-refractivity contribution in [3.05, 3.63) is 42.0 Å². The second kappa shape index (κ2) is 6.12. The molecule has 1 aliphatic rings. The fourth-order valence-corrected chi connectivity index (χ4v) is 2.80. The second-order valence-corrected chi connectivity index (χ2v) is 6.22. The zero-order chi connectivity index (χ0) is 16.4. The summed E-state index contributed by atoms with van der Waals surface area (Å²) < 4.78 is 7.38. The molecule has 0 aliphatic carbocycles. The van der Waals surface area contributed by atoms with Gasteiger partial charge in [0.1, 0.15) is 5.82 Å². The number of carbonyl (C=O) groups excluding carboxylic acids is 1. The van der Waals surface area contributed by atoms with Gasteiger partial charge in [0, 0.05) is 13.0 Å². The Kier molecular flexibility index (Phi) is 4.17. The van der Waals surface area contributed by atoms with Crippen LogP contribution in [0, 0.1) is 0 Å². The van der Waals surface area contributed by atoms with E-state index in [1.54, 1.807) is 4.68 Å². The van der Waals surface area contributed by atoms with Gasteiger partial charge in [0.2, 0.25) is 5.82 Å². The molecule has 2 heterocycles. The molecule has 1 aliphatic heterocycles. The smallest absolute Gasteiger partial charge is 0.291 e. The third-order valence-electron chi connectivity index (χ3n) is 4.22. The normalized spacial score (nSPS) is 19.7. The lowest BCUT2D eigenvalue weighted by Crippen LogP contribution is -2.46. The molecule has 1 aromatic heterocycles. The molecule has 2 aromatic rings. The van der Waals surface area contributed by atoms with Gasteiger partial charge in [-0.3, -0.25) is 4.79 Å². The molecule has 0 spiro atoms. The molecule has 1 atom stereocenters. The van der Waals surface area contributed by atoms with Gasteiger partial charge in [0.25, 0.3) is 5.91 Å². The first kappa shape index (κ1) is 15.7. The Hall–Kier alpha value is -2.21. The number of rotatable bonds is 4. The highest BCUT2D eigenvalue weighted by Crippen LogP contribution is 2.25. The van der Waals surface area contributed by atoms with E-state index < -0.39 is 0 Å². The molecule has 122 valence electrons. The van der Waals surface area contributed by atoms with Gasteiger partial charge in [-0.25, -0.2) is 9.67 Å². The highest BCUT2D eigenvalue weighted by atomic mass is 16.5. The van der Waals surface area contributed by atoms with Gasteiger partial charge < -0.3 is 10.1 Å². The van der Waals surface area contributed by atoms with Crippen LogP contribution in [0.4, 0.5) is 0 Å². The number of hydrogen-bond donors (Lipinski definition) is 1. The van der Waals surface area contributed by atoms with Crippen molar-refractivity contribution in [2.24, 2.45) is 0 Å². The Labute approximate surface area is 135 Å². The summed E-state index contributed by atoms with van der Waals surface area (Å²) in [5, 5.41) is 7.39. The zero-order valence-corrected chi connectivity index (χ0v) is 13.7. The average molecular weight is 314 g/mol. The SMILES string of the molecule is CCc1nc(C(=O)N[C@H]2CCOC2(C)C)nn1-c1ccccc1. The van der Waals surface area contributed by atoms with Gasteiger partial charge in [0.15, 0.2) is 0 Å². The van der Waals surface area contributed by atoms with E-state index in [1.165, 1.54) is 0 Å². The standard InChI is InChI=1S/C17H22N4O2/c1-4-14-19-15(20-21(14)12-8-6-5-7-9-12)16(22)18-13-10-11-23-17(13,2)3/h5-9,13H,4,10-11H2,1-3H3,(H,18,22)/t13-/m0/s1. The number of para-hydroxylation sites is 1. The highest BCUT2D eigenvalue weighted by molar-refractivity contribution is 5.90.